The molecule has 0 radical (unpaired) electrons. The molecule has 0 aliphatic rings. The number of nitrogens with two attached hydrogens (primary N) is 1. The molecule has 0 rings (SSSR count). The number of aliphatic hydroxyl groups is 1. The van der Waals surface area contributed by atoms with E-state index in [1.54, 1.807) is 0 Å². The van der Waals surface area contributed by atoms with Crippen molar-refractivity contribution < 1.29 is 28.4 Å². The Hall–Kier alpha value is -0.500. The van der Waals surface area contributed by atoms with E-state index in [0.717, 1.165) is 38.5 Å². The van der Waals surface area contributed by atoms with Crippen molar-refractivity contribution >= 4 is 13.7 Å². The molecule has 0 aromatic rings. The normalized spacial score (nSPS) is 14.3. The van der Waals surface area contributed by atoms with E-state index in [0.29, 0.717) is 12.8 Å². The average Bonchev–Trinajstić information content (AvgIpc) is 3.04. The first kappa shape index (κ1) is 45.5. The van der Waals surface area contributed by atoms with Crippen LogP contribution in [0.15, 0.2) is 0 Å². The molecular weight excluding hydrogens is 599 g/mol. The second-order valence-electron chi connectivity index (χ2n) is 13.5. The summed E-state index contributed by atoms with van der Waals surface area (Å²) in [4.78, 5) is 22.6. The number of amides is 1. The Kier molecular flexibility index (Phi) is 34.0. The lowest BCUT2D eigenvalue weighted by atomic mass is 10.0. The maximum Gasteiger partial charge on any atom is 0.472 e. The van der Waals surface area contributed by atoms with E-state index in [2.05, 4.69) is 19.2 Å². The van der Waals surface area contributed by atoms with Crippen molar-refractivity contribution in [2.45, 2.75) is 212 Å². The summed E-state index contributed by atoms with van der Waals surface area (Å²) in [6.07, 6.45) is 33.9. The molecule has 0 saturated carbocycles. The van der Waals surface area contributed by atoms with Gasteiger partial charge in [0.2, 0.25) is 5.91 Å². The van der Waals surface area contributed by atoms with Crippen molar-refractivity contribution in [1.29, 1.82) is 0 Å². The van der Waals surface area contributed by atoms with Gasteiger partial charge in [-0.25, -0.2) is 4.57 Å². The highest BCUT2D eigenvalue weighted by atomic mass is 31.2. The van der Waals surface area contributed by atoms with Gasteiger partial charge in [0.05, 0.1) is 25.4 Å². The van der Waals surface area contributed by atoms with Gasteiger partial charge in [-0.2, -0.15) is 0 Å². The molecular formula is C37H77N2O6P. The molecule has 5 N–H and O–H groups in total. The molecule has 3 atom stereocenters. The summed E-state index contributed by atoms with van der Waals surface area (Å²) >= 11 is 0. The van der Waals surface area contributed by atoms with E-state index in [1.807, 2.05) is 0 Å². The highest BCUT2D eigenvalue weighted by Crippen LogP contribution is 2.43. The molecule has 1 amide bonds. The van der Waals surface area contributed by atoms with Crippen LogP contribution < -0.4 is 11.1 Å². The second kappa shape index (κ2) is 34.4. The lowest BCUT2D eigenvalue weighted by Gasteiger charge is -2.25. The molecule has 1 unspecified atom stereocenters. The maximum absolute atomic E-state index is 12.7. The summed E-state index contributed by atoms with van der Waals surface area (Å²) < 4.78 is 22.1. The van der Waals surface area contributed by atoms with E-state index in [9.17, 15) is 19.4 Å². The van der Waals surface area contributed by atoms with Crippen LogP contribution in [0, 0.1) is 0 Å². The quantitative estimate of drug-likeness (QED) is 0.0380. The third kappa shape index (κ3) is 32.1. The highest BCUT2D eigenvalue weighted by molar-refractivity contribution is 7.47. The van der Waals surface area contributed by atoms with Gasteiger partial charge in [-0.05, 0) is 12.8 Å². The van der Waals surface area contributed by atoms with Gasteiger partial charge in [-0.15, -0.1) is 0 Å². The number of unbranched alkanes of at least 4 members (excludes halogenated alkanes) is 25. The number of nitrogens with one attached hydrogen (secondary N) is 1. The first-order valence-electron chi connectivity index (χ1n) is 19.7. The molecule has 0 spiro atoms. The topological polar surface area (TPSA) is 131 Å². The van der Waals surface area contributed by atoms with Crippen molar-refractivity contribution in [2.24, 2.45) is 5.73 Å². The van der Waals surface area contributed by atoms with Crippen molar-refractivity contribution in [3.05, 3.63) is 0 Å². The molecule has 0 aliphatic heterocycles. The smallest absolute Gasteiger partial charge is 0.391 e. The minimum absolute atomic E-state index is 0.0921. The minimum atomic E-state index is -4.30. The summed E-state index contributed by atoms with van der Waals surface area (Å²) in [6, 6.07) is -0.765. The van der Waals surface area contributed by atoms with E-state index in [-0.39, 0.29) is 25.7 Å². The fourth-order valence-corrected chi connectivity index (χ4v) is 6.72. The highest BCUT2D eigenvalue weighted by Gasteiger charge is 2.27. The zero-order valence-corrected chi connectivity index (χ0v) is 31.2. The fourth-order valence-electron chi connectivity index (χ4n) is 5.96. The second-order valence-corrected chi connectivity index (χ2v) is 15.0. The monoisotopic (exact) mass is 677 g/mol. The molecule has 46 heavy (non-hydrogen) atoms. The van der Waals surface area contributed by atoms with Crippen LogP contribution >= 0.6 is 7.82 Å². The van der Waals surface area contributed by atoms with Crippen LogP contribution in [0.1, 0.15) is 200 Å². The van der Waals surface area contributed by atoms with Gasteiger partial charge in [0, 0.05) is 13.0 Å². The lowest BCUT2D eigenvalue weighted by Crippen LogP contribution is -2.46. The molecule has 0 heterocycles. The molecule has 276 valence electrons. The number of phosphoric ester groups is 1. The van der Waals surface area contributed by atoms with Crippen molar-refractivity contribution in [1.82, 2.24) is 5.32 Å². The Morgan fingerprint density at radius 1 is 0.630 bits per heavy atom. The zero-order chi connectivity index (χ0) is 34.0. The lowest BCUT2D eigenvalue weighted by molar-refractivity contribution is -0.123. The van der Waals surface area contributed by atoms with Crippen LogP contribution in [0.25, 0.3) is 0 Å². The first-order chi connectivity index (χ1) is 22.4. The van der Waals surface area contributed by atoms with Crippen LogP contribution in [0.5, 0.6) is 0 Å². The predicted molar refractivity (Wildman–Crippen MR) is 194 cm³/mol. The first-order valence-corrected chi connectivity index (χ1v) is 21.1. The number of aliphatic hydroxyl groups excluding tert-OH is 1. The Labute approximate surface area is 284 Å². The third-order valence-corrected chi connectivity index (χ3v) is 9.95. The molecule has 0 aromatic heterocycles. The zero-order valence-electron chi connectivity index (χ0n) is 30.3. The van der Waals surface area contributed by atoms with Gasteiger partial charge in [-0.1, -0.05) is 181 Å². The van der Waals surface area contributed by atoms with Crippen molar-refractivity contribution in [3.8, 4) is 0 Å². The van der Waals surface area contributed by atoms with Gasteiger partial charge < -0.3 is 21.1 Å². The van der Waals surface area contributed by atoms with Gasteiger partial charge >= 0.3 is 7.82 Å². The summed E-state index contributed by atoms with van der Waals surface area (Å²) in [5.74, 6) is -0.160. The Morgan fingerprint density at radius 2 is 1.00 bits per heavy atom. The molecule has 9 heteroatoms. The molecule has 0 saturated heterocycles. The van der Waals surface area contributed by atoms with Crippen molar-refractivity contribution in [2.75, 3.05) is 19.8 Å². The molecule has 0 aliphatic carbocycles. The number of carbonyl (C=O) groups is 1. The molecule has 0 bridgehead atoms. The summed E-state index contributed by atoms with van der Waals surface area (Å²) in [5, 5.41) is 13.7. The van der Waals surface area contributed by atoms with Crippen LogP contribution in [-0.4, -0.2) is 47.8 Å². The van der Waals surface area contributed by atoms with Gasteiger partial charge in [-0.3, -0.25) is 13.8 Å². The van der Waals surface area contributed by atoms with Crippen LogP contribution in [0.3, 0.4) is 0 Å². The van der Waals surface area contributed by atoms with E-state index < -0.39 is 20.0 Å². The van der Waals surface area contributed by atoms with E-state index >= 15 is 0 Å². The number of hydrogen-bond acceptors (Lipinski definition) is 6. The summed E-state index contributed by atoms with van der Waals surface area (Å²) in [5.41, 5.74) is 5.36. The summed E-state index contributed by atoms with van der Waals surface area (Å²) in [6.45, 7) is 4.20. The SMILES string of the molecule is CCCCCCCCCCCCCCCCCCCC(=O)N[C@@H](COP(=O)(O)OCCN)[C@H](O)CCCCCCCCCCCC. The van der Waals surface area contributed by atoms with E-state index in [4.69, 9.17) is 14.8 Å². The average molecular weight is 677 g/mol. The largest absolute Gasteiger partial charge is 0.472 e. The van der Waals surface area contributed by atoms with Gasteiger partial charge in [0.1, 0.15) is 0 Å². The molecule has 0 fully saturated rings. The standard InChI is InChI=1S/C37H77N2O6P/c1-3-5-7-9-11-13-15-16-17-18-19-20-21-23-25-27-29-31-37(41)39-35(34-45-46(42,43)44-33-32-38)36(40)30-28-26-24-22-14-12-10-8-6-4-2/h35-36,40H,3-34,38H2,1-2H3,(H,39,41)(H,42,43)/t35-,36+/m0/s1. The minimum Gasteiger partial charge on any atom is -0.391 e. The summed E-state index contributed by atoms with van der Waals surface area (Å²) in [7, 11) is -4.30. The van der Waals surface area contributed by atoms with E-state index in [1.165, 1.54) is 135 Å². The Balaban J connectivity index is 4.13. The fraction of sp³-hybridized carbons (Fsp3) is 0.973. The number of carbonyl (C=O) groups excluding carboxylic acids is 1. The Morgan fingerprint density at radius 3 is 1.39 bits per heavy atom. The van der Waals surface area contributed by atoms with Crippen molar-refractivity contribution in [3.63, 3.8) is 0 Å². The number of phosphoric acid groups is 1. The maximum atomic E-state index is 12.7. The van der Waals surface area contributed by atoms with Gasteiger partial charge in [0.15, 0.2) is 0 Å². The molecule has 8 nitrogen and oxygen atoms in total. The number of hydrogen-bond donors (Lipinski definition) is 4. The van der Waals surface area contributed by atoms with Crippen LogP contribution in [0.2, 0.25) is 0 Å². The van der Waals surface area contributed by atoms with Crippen LogP contribution in [-0.2, 0) is 18.4 Å². The predicted octanol–water partition coefficient (Wildman–Crippen LogP) is 10.3. The third-order valence-electron chi connectivity index (χ3n) is 8.96. The number of rotatable bonds is 37. The van der Waals surface area contributed by atoms with Gasteiger partial charge in [0.25, 0.3) is 0 Å². The molecule has 0 aromatic carbocycles. The Bertz CT molecular complexity index is 699. The van der Waals surface area contributed by atoms with Crippen LogP contribution in [0.4, 0.5) is 0 Å².